The van der Waals surface area contributed by atoms with Crippen LogP contribution in [0.2, 0.25) is 0 Å². The number of anilines is 2. The highest BCUT2D eigenvalue weighted by Gasteiger charge is 2.35. The minimum atomic E-state index is -4.79. The number of aliphatic hydroxyl groups is 1. The third-order valence-corrected chi connectivity index (χ3v) is 4.59. The van der Waals surface area contributed by atoms with Crippen molar-refractivity contribution in [2.24, 2.45) is 0 Å². The minimum absolute atomic E-state index is 0.208. The van der Waals surface area contributed by atoms with Crippen molar-refractivity contribution in [1.82, 2.24) is 0 Å². The molecule has 1 aliphatic heterocycles. The lowest BCUT2D eigenvalue weighted by Gasteiger charge is -2.23. The molecule has 0 unspecified atom stereocenters. The zero-order valence-electron chi connectivity index (χ0n) is 17.0. The molecule has 0 radical (unpaired) electrons. The van der Waals surface area contributed by atoms with Gasteiger partial charge in [-0.25, -0.2) is 9.74 Å². The first kappa shape index (κ1) is 23.5. The van der Waals surface area contributed by atoms with Gasteiger partial charge in [0.2, 0.25) is 0 Å². The van der Waals surface area contributed by atoms with E-state index in [1.807, 2.05) is 0 Å². The molecule has 1 aliphatic rings. The van der Waals surface area contributed by atoms with Crippen molar-refractivity contribution in [3.63, 3.8) is 0 Å². The van der Waals surface area contributed by atoms with Crippen molar-refractivity contribution in [2.75, 3.05) is 16.8 Å². The average Bonchev–Trinajstić information content (AvgIpc) is 3.10. The minimum Gasteiger partial charge on any atom is -0.490 e. The summed E-state index contributed by atoms with van der Waals surface area (Å²) in [7, 11) is 0. The van der Waals surface area contributed by atoms with E-state index in [0.29, 0.717) is 11.8 Å². The molecule has 0 saturated heterocycles. The van der Waals surface area contributed by atoms with Crippen molar-refractivity contribution in [2.45, 2.75) is 18.7 Å². The van der Waals surface area contributed by atoms with Crippen LogP contribution < -0.4 is 15.0 Å². The largest absolute Gasteiger partial charge is 0.490 e. The van der Waals surface area contributed by atoms with E-state index in [-0.39, 0.29) is 11.4 Å². The molecule has 0 fully saturated rings. The van der Waals surface area contributed by atoms with Gasteiger partial charge in [-0.3, -0.25) is 14.4 Å². The summed E-state index contributed by atoms with van der Waals surface area (Å²) in [6, 6.07) is 8.35. The molecule has 11 heteroatoms. The lowest BCUT2D eigenvalue weighted by molar-refractivity contribution is -0.137. The Morgan fingerprint density at radius 2 is 1.73 bits per heavy atom. The average molecular weight is 459 g/mol. The highest BCUT2D eigenvalue weighted by Crippen LogP contribution is 2.38. The first-order valence-corrected chi connectivity index (χ1v) is 9.34. The normalized spacial score (nSPS) is 15.2. The molecule has 2 aromatic carbocycles. The zero-order valence-corrected chi connectivity index (χ0v) is 17.0. The number of alkyl halides is 3. The van der Waals surface area contributed by atoms with Gasteiger partial charge in [0.1, 0.15) is 12.4 Å². The molecule has 0 aromatic heterocycles. The third kappa shape index (κ3) is 5.19. The Labute approximate surface area is 185 Å². The van der Waals surface area contributed by atoms with Crippen LogP contribution >= 0.6 is 0 Å². The smallest absolute Gasteiger partial charge is 0.407 e. The van der Waals surface area contributed by atoms with Crippen molar-refractivity contribution >= 4 is 34.8 Å². The Morgan fingerprint density at radius 1 is 1.12 bits per heavy atom. The van der Waals surface area contributed by atoms with Gasteiger partial charge in [0.15, 0.2) is 11.3 Å². The molecular formula is C22H16F3N3O5. The number of benzene rings is 2. The number of nitrogens with zero attached hydrogens (tertiary/aromatic N) is 2. The molecule has 1 heterocycles. The maximum absolute atomic E-state index is 13.1. The standard InChI is InChI=1S/C22H16F3N3O5/c1-21(32,20(31)27-13-3-8-17(26-2)16(11-13)22(23,24)25)12-33-15-6-4-14(5-7-15)28-18(29)9-10-19(28)30/h3-11,32H,12H2,1H3,(H,27,31)/t21-/m0/s1. The molecular weight excluding hydrogens is 443 g/mol. The Balaban J connectivity index is 1.65. The quantitative estimate of drug-likeness (QED) is 0.509. The fourth-order valence-corrected chi connectivity index (χ4v) is 2.84. The monoisotopic (exact) mass is 459 g/mol. The number of amides is 3. The lowest BCUT2D eigenvalue weighted by atomic mass is 10.1. The molecule has 8 nitrogen and oxygen atoms in total. The first-order chi connectivity index (χ1) is 15.4. The molecule has 0 bridgehead atoms. The van der Waals surface area contributed by atoms with Crippen LogP contribution in [0.1, 0.15) is 12.5 Å². The molecule has 2 aromatic rings. The van der Waals surface area contributed by atoms with Crippen LogP contribution in [0, 0.1) is 6.57 Å². The Hall–Kier alpha value is -4.17. The summed E-state index contributed by atoms with van der Waals surface area (Å²) in [4.78, 5) is 39.6. The summed E-state index contributed by atoms with van der Waals surface area (Å²) >= 11 is 0. The Morgan fingerprint density at radius 3 is 2.27 bits per heavy atom. The van der Waals surface area contributed by atoms with Crippen molar-refractivity contribution < 1.29 is 37.4 Å². The maximum Gasteiger partial charge on any atom is 0.407 e. The van der Waals surface area contributed by atoms with E-state index in [1.54, 1.807) is 0 Å². The van der Waals surface area contributed by atoms with E-state index in [9.17, 15) is 32.7 Å². The number of ether oxygens (including phenoxy) is 1. The van der Waals surface area contributed by atoms with Crippen LogP contribution in [0.15, 0.2) is 54.6 Å². The van der Waals surface area contributed by atoms with E-state index in [1.165, 1.54) is 24.3 Å². The number of carbonyl (C=O) groups excluding carboxylic acids is 3. The summed E-state index contributed by atoms with van der Waals surface area (Å²) in [5.74, 6) is -1.81. The second-order valence-corrected chi connectivity index (χ2v) is 7.20. The molecule has 2 N–H and O–H groups in total. The number of rotatable bonds is 6. The summed E-state index contributed by atoms with van der Waals surface area (Å²) < 4.78 is 44.7. The molecule has 0 saturated carbocycles. The summed E-state index contributed by atoms with van der Waals surface area (Å²) in [5, 5.41) is 12.6. The van der Waals surface area contributed by atoms with Gasteiger partial charge in [0, 0.05) is 17.8 Å². The molecule has 170 valence electrons. The summed E-state index contributed by atoms with van der Waals surface area (Å²) in [6.07, 6.45) is -2.52. The van der Waals surface area contributed by atoms with Gasteiger partial charge in [-0.1, -0.05) is 6.07 Å². The van der Waals surface area contributed by atoms with Gasteiger partial charge >= 0.3 is 6.18 Å². The van der Waals surface area contributed by atoms with E-state index in [4.69, 9.17) is 11.3 Å². The maximum atomic E-state index is 13.1. The number of carbonyl (C=O) groups is 3. The van der Waals surface area contributed by atoms with Gasteiger partial charge in [0.25, 0.3) is 17.7 Å². The third-order valence-electron chi connectivity index (χ3n) is 4.59. The number of nitrogens with one attached hydrogen (secondary N) is 1. The van der Waals surface area contributed by atoms with Crippen molar-refractivity contribution in [1.29, 1.82) is 0 Å². The van der Waals surface area contributed by atoms with Crippen molar-refractivity contribution in [3.8, 4) is 5.75 Å². The Kier molecular flexibility index (Phi) is 6.23. The van der Waals surface area contributed by atoms with Gasteiger partial charge in [-0.15, -0.1) is 0 Å². The van der Waals surface area contributed by atoms with Gasteiger partial charge in [0.05, 0.1) is 17.8 Å². The fraction of sp³-hybridized carbons (Fsp3) is 0.182. The topological polar surface area (TPSA) is 100 Å². The fourth-order valence-electron chi connectivity index (χ4n) is 2.84. The van der Waals surface area contributed by atoms with Crippen LogP contribution in [0.25, 0.3) is 4.85 Å². The molecule has 1 atom stereocenters. The Bertz CT molecular complexity index is 1160. The van der Waals surface area contributed by atoms with Crippen LogP contribution in [0.5, 0.6) is 5.75 Å². The summed E-state index contributed by atoms with van der Waals surface area (Å²) in [6.45, 7) is 7.40. The van der Waals surface area contributed by atoms with Crippen LogP contribution in [-0.4, -0.2) is 35.0 Å². The molecule has 3 rings (SSSR count). The van der Waals surface area contributed by atoms with Crippen LogP contribution in [0.4, 0.5) is 30.2 Å². The van der Waals surface area contributed by atoms with E-state index >= 15 is 0 Å². The van der Waals surface area contributed by atoms with Gasteiger partial charge in [-0.2, -0.15) is 13.2 Å². The number of hydrogen-bond acceptors (Lipinski definition) is 5. The van der Waals surface area contributed by atoms with Crippen LogP contribution in [0.3, 0.4) is 0 Å². The zero-order chi connectivity index (χ0) is 24.4. The highest BCUT2D eigenvalue weighted by molar-refractivity contribution is 6.28. The number of hydrogen-bond donors (Lipinski definition) is 2. The lowest BCUT2D eigenvalue weighted by Crippen LogP contribution is -2.45. The van der Waals surface area contributed by atoms with E-state index < -0.39 is 47.4 Å². The van der Waals surface area contributed by atoms with Gasteiger partial charge in [-0.05, 0) is 43.3 Å². The van der Waals surface area contributed by atoms with E-state index in [2.05, 4.69) is 10.2 Å². The SMILES string of the molecule is [C-]#[N+]c1ccc(NC(=O)[C@@](C)(O)COc2ccc(N3C(=O)C=CC3=O)cc2)cc1C(F)(F)F. The second kappa shape index (κ2) is 8.76. The number of halogens is 3. The van der Waals surface area contributed by atoms with Gasteiger partial charge < -0.3 is 15.2 Å². The molecule has 3 amide bonds. The van der Waals surface area contributed by atoms with Crippen molar-refractivity contribution in [3.05, 3.63) is 71.6 Å². The first-order valence-electron chi connectivity index (χ1n) is 9.34. The number of imide groups is 1. The predicted octanol–water partition coefficient (Wildman–Crippen LogP) is 3.45. The molecule has 0 spiro atoms. The second-order valence-electron chi connectivity index (χ2n) is 7.20. The predicted molar refractivity (Wildman–Crippen MR) is 111 cm³/mol. The molecule has 33 heavy (non-hydrogen) atoms. The van der Waals surface area contributed by atoms with Crippen LogP contribution in [-0.2, 0) is 20.6 Å². The summed E-state index contributed by atoms with van der Waals surface area (Å²) in [5.41, 5.74) is -3.91. The van der Waals surface area contributed by atoms with E-state index in [0.717, 1.165) is 36.1 Å². The molecule has 0 aliphatic carbocycles. The highest BCUT2D eigenvalue weighted by atomic mass is 19.4.